The summed E-state index contributed by atoms with van der Waals surface area (Å²) >= 11 is 0. The van der Waals surface area contributed by atoms with E-state index < -0.39 is 16.1 Å². The molecule has 35 heavy (non-hydrogen) atoms. The Bertz CT molecular complexity index is 1070. The van der Waals surface area contributed by atoms with Crippen LogP contribution < -0.4 is 14.5 Å². The lowest BCUT2D eigenvalue weighted by Crippen LogP contribution is -2.39. The lowest BCUT2D eigenvalue weighted by atomic mass is 10.1. The van der Waals surface area contributed by atoms with Crippen LogP contribution in [0.4, 0.5) is 11.6 Å². The third-order valence-corrected chi connectivity index (χ3v) is 7.19. The maximum absolute atomic E-state index is 13.3. The third kappa shape index (κ3) is 7.93. The van der Waals surface area contributed by atoms with Gasteiger partial charge in [0.25, 0.3) is 5.91 Å². The SMILES string of the molecule is CCCN(CC1CC1)c1cc(C(=O)N[C@H](CO)Cc2ccccc2)cc(N(CCC)S(C)(=O)=O)n1. The Kier molecular flexibility index (Phi) is 9.51. The molecule has 1 aliphatic carbocycles. The number of amides is 1. The number of aliphatic hydroxyl groups is 1. The quantitative estimate of drug-likeness (QED) is 0.411. The molecule has 1 fully saturated rings. The number of rotatable bonds is 14. The normalized spacial score (nSPS) is 14.4. The minimum Gasteiger partial charge on any atom is -0.394 e. The van der Waals surface area contributed by atoms with Crippen LogP contribution in [-0.2, 0) is 16.4 Å². The van der Waals surface area contributed by atoms with E-state index in [0.29, 0.717) is 30.1 Å². The molecule has 0 radical (unpaired) electrons. The Morgan fingerprint density at radius 2 is 1.77 bits per heavy atom. The molecule has 2 aromatic rings. The molecule has 1 aliphatic rings. The molecule has 0 saturated heterocycles. The Morgan fingerprint density at radius 1 is 1.11 bits per heavy atom. The predicted octanol–water partition coefficient (Wildman–Crippen LogP) is 3.22. The molecule has 3 rings (SSSR count). The van der Waals surface area contributed by atoms with Gasteiger partial charge in [-0.15, -0.1) is 0 Å². The first-order valence-electron chi connectivity index (χ1n) is 12.5. The van der Waals surface area contributed by atoms with Gasteiger partial charge in [-0.1, -0.05) is 44.2 Å². The van der Waals surface area contributed by atoms with Crippen molar-refractivity contribution in [3.63, 3.8) is 0 Å². The van der Waals surface area contributed by atoms with Gasteiger partial charge < -0.3 is 15.3 Å². The summed E-state index contributed by atoms with van der Waals surface area (Å²) in [5, 5.41) is 12.8. The molecule has 1 heterocycles. The third-order valence-electron chi connectivity index (χ3n) is 6.02. The summed E-state index contributed by atoms with van der Waals surface area (Å²) in [6.45, 7) is 5.67. The van der Waals surface area contributed by atoms with Gasteiger partial charge in [0.05, 0.1) is 18.9 Å². The van der Waals surface area contributed by atoms with Crippen LogP contribution in [-0.4, -0.2) is 63.0 Å². The number of sulfonamides is 1. The molecule has 0 spiro atoms. The summed E-state index contributed by atoms with van der Waals surface area (Å²) in [5.74, 6) is 1.10. The van der Waals surface area contributed by atoms with Crippen molar-refractivity contribution in [2.75, 3.05) is 41.7 Å². The topological polar surface area (TPSA) is 103 Å². The highest BCUT2D eigenvalue weighted by atomic mass is 32.2. The fraction of sp³-hybridized carbons (Fsp3) is 0.538. The number of carbonyl (C=O) groups is 1. The van der Waals surface area contributed by atoms with E-state index in [-0.39, 0.29) is 24.9 Å². The number of nitrogens with zero attached hydrogens (tertiary/aromatic N) is 3. The van der Waals surface area contributed by atoms with Crippen molar-refractivity contribution in [3.8, 4) is 0 Å². The van der Waals surface area contributed by atoms with Crippen LogP contribution in [0.1, 0.15) is 55.5 Å². The first-order valence-corrected chi connectivity index (χ1v) is 14.3. The molecule has 1 amide bonds. The van der Waals surface area contributed by atoms with Crippen LogP contribution in [0.15, 0.2) is 42.5 Å². The molecule has 9 heteroatoms. The number of aromatic nitrogens is 1. The molecule has 0 unspecified atom stereocenters. The molecular formula is C26H38N4O4S. The van der Waals surface area contributed by atoms with Crippen molar-refractivity contribution in [3.05, 3.63) is 53.6 Å². The molecule has 2 N–H and O–H groups in total. The Morgan fingerprint density at radius 3 is 2.34 bits per heavy atom. The van der Waals surface area contributed by atoms with E-state index in [9.17, 15) is 18.3 Å². The van der Waals surface area contributed by atoms with E-state index in [0.717, 1.165) is 31.3 Å². The number of hydrogen-bond acceptors (Lipinski definition) is 6. The van der Waals surface area contributed by atoms with Crippen molar-refractivity contribution in [2.45, 2.75) is 52.0 Å². The highest BCUT2D eigenvalue weighted by Crippen LogP contribution is 2.32. The van der Waals surface area contributed by atoms with Crippen molar-refractivity contribution < 1.29 is 18.3 Å². The second-order valence-corrected chi connectivity index (χ2v) is 11.2. The molecule has 1 aromatic heterocycles. The van der Waals surface area contributed by atoms with Crippen molar-refractivity contribution in [2.24, 2.45) is 5.92 Å². The summed E-state index contributed by atoms with van der Waals surface area (Å²) in [5.41, 5.74) is 1.34. The Hall–Kier alpha value is -2.65. The summed E-state index contributed by atoms with van der Waals surface area (Å²) in [6.07, 6.45) is 5.53. The number of benzene rings is 1. The first-order chi connectivity index (χ1) is 16.7. The summed E-state index contributed by atoms with van der Waals surface area (Å²) in [7, 11) is -3.58. The molecular weight excluding hydrogens is 464 g/mol. The number of hydrogen-bond donors (Lipinski definition) is 2. The number of nitrogens with one attached hydrogen (secondary N) is 1. The number of pyridine rings is 1. The average molecular weight is 503 g/mol. The van der Waals surface area contributed by atoms with Crippen LogP contribution in [0.3, 0.4) is 0 Å². The van der Waals surface area contributed by atoms with Crippen LogP contribution in [0, 0.1) is 5.92 Å². The number of anilines is 2. The lowest BCUT2D eigenvalue weighted by Gasteiger charge is -2.27. The minimum atomic E-state index is -3.58. The Balaban J connectivity index is 1.95. The van der Waals surface area contributed by atoms with E-state index in [1.807, 2.05) is 37.3 Å². The second kappa shape index (κ2) is 12.4. The maximum Gasteiger partial charge on any atom is 0.251 e. The fourth-order valence-electron chi connectivity index (χ4n) is 4.09. The van der Waals surface area contributed by atoms with Crippen LogP contribution in [0.5, 0.6) is 0 Å². The number of aliphatic hydroxyl groups excluding tert-OH is 1. The highest BCUT2D eigenvalue weighted by molar-refractivity contribution is 7.92. The predicted molar refractivity (Wildman–Crippen MR) is 140 cm³/mol. The molecule has 0 aliphatic heterocycles. The molecule has 1 atom stereocenters. The van der Waals surface area contributed by atoms with E-state index >= 15 is 0 Å². The second-order valence-electron chi connectivity index (χ2n) is 9.34. The lowest BCUT2D eigenvalue weighted by molar-refractivity contribution is 0.0916. The smallest absolute Gasteiger partial charge is 0.251 e. The van der Waals surface area contributed by atoms with Gasteiger partial charge in [0, 0.05) is 25.2 Å². The molecule has 192 valence electrons. The van der Waals surface area contributed by atoms with Crippen LogP contribution >= 0.6 is 0 Å². The first kappa shape index (κ1) is 26.9. The van der Waals surface area contributed by atoms with Gasteiger partial charge in [0.15, 0.2) is 0 Å². The zero-order chi connectivity index (χ0) is 25.4. The minimum absolute atomic E-state index is 0.208. The summed E-state index contributed by atoms with van der Waals surface area (Å²) < 4.78 is 26.4. The van der Waals surface area contributed by atoms with Crippen LogP contribution in [0.2, 0.25) is 0 Å². The van der Waals surface area contributed by atoms with Crippen molar-refractivity contribution in [1.82, 2.24) is 10.3 Å². The van der Waals surface area contributed by atoms with Gasteiger partial charge in [0.1, 0.15) is 11.6 Å². The Labute approximate surface area is 209 Å². The van der Waals surface area contributed by atoms with Crippen LogP contribution in [0.25, 0.3) is 0 Å². The molecule has 8 nitrogen and oxygen atoms in total. The van der Waals surface area contributed by atoms with Gasteiger partial charge >= 0.3 is 0 Å². The zero-order valence-electron chi connectivity index (χ0n) is 21.0. The average Bonchev–Trinajstić information content (AvgIpc) is 3.65. The maximum atomic E-state index is 13.3. The van der Waals surface area contributed by atoms with E-state index in [4.69, 9.17) is 4.98 Å². The standard InChI is InChI=1S/C26H38N4O4S/c1-4-13-29(18-21-11-12-21)24-16-22(17-25(28-24)30(14-5-2)35(3,33)34)26(32)27-23(19-31)15-20-9-7-6-8-10-20/h6-10,16-17,21,23,31H,4-5,11-15,18-19H2,1-3H3,(H,27,32)/t23-/m0/s1. The van der Waals surface area contributed by atoms with Gasteiger partial charge in [-0.05, 0) is 55.7 Å². The number of carbonyl (C=O) groups excluding carboxylic acids is 1. The highest BCUT2D eigenvalue weighted by Gasteiger charge is 2.27. The largest absolute Gasteiger partial charge is 0.394 e. The summed E-state index contributed by atoms with van der Waals surface area (Å²) in [6, 6.07) is 12.5. The van der Waals surface area contributed by atoms with Crippen molar-refractivity contribution in [1.29, 1.82) is 0 Å². The molecule has 1 saturated carbocycles. The van der Waals surface area contributed by atoms with E-state index in [2.05, 4.69) is 17.1 Å². The molecule has 0 bridgehead atoms. The fourth-order valence-corrected chi connectivity index (χ4v) is 5.03. The monoisotopic (exact) mass is 502 g/mol. The van der Waals surface area contributed by atoms with E-state index in [1.54, 1.807) is 6.07 Å². The van der Waals surface area contributed by atoms with Gasteiger partial charge in [-0.25, -0.2) is 13.4 Å². The van der Waals surface area contributed by atoms with E-state index in [1.165, 1.54) is 23.2 Å². The summed E-state index contributed by atoms with van der Waals surface area (Å²) in [4.78, 5) is 20.2. The van der Waals surface area contributed by atoms with Gasteiger partial charge in [-0.2, -0.15) is 0 Å². The van der Waals surface area contributed by atoms with Gasteiger partial charge in [-0.3, -0.25) is 9.10 Å². The molecule has 1 aromatic carbocycles. The van der Waals surface area contributed by atoms with Crippen molar-refractivity contribution >= 4 is 27.6 Å². The zero-order valence-corrected chi connectivity index (χ0v) is 21.8. The van der Waals surface area contributed by atoms with Gasteiger partial charge in [0.2, 0.25) is 10.0 Å².